The molecular formula is C22H21ClF2N6OS. The smallest absolute Gasteiger partial charge is 0.228 e. The highest BCUT2D eigenvalue weighted by atomic mass is 35.5. The number of nitrogen functional groups attached to an aromatic ring is 1. The molecule has 1 aliphatic heterocycles. The van der Waals surface area contributed by atoms with Crippen LogP contribution in [0.1, 0.15) is 12.5 Å². The van der Waals surface area contributed by atoms with Gasteiger partial charge in [0, 0.05) is 35.1 Å². The quantitative estimate of drug-likeness (QED) is 0.280. The van der Waals surface area contributed by atoms with Crippen molar-refractivity contribution in [2.24, 2.45) is 0 Å². The summed E-state index contributed by atoms with van der Waals surface area (Å²) < 4.78 is 36.8. The molecule has 4 rings (SSSR count). The molecule has 0 radical (unpaired) electrons. The van der Waals surface area contributed by atoms with E-state index in [4.69, 9.17) is 27.5 Å². The van der Waals surface area contributed by atoms with Gasteiger partial charge in [0.25, 0.3) is 0 Å². The number of nitrogens with one attached hydrogen (secondary N) is 3. The van der Waals surface area contributed by atoms with E-state index in [0.29, 0.717) is 22.0 Å². The minimum Gasteiger partial charge on any atom is -0.469 e. The molecule has 3 aromatic rings. The third kappa shape index (κ3) is 5.35. The van der Waals surface area contributed by atoms with Gasteiger partial charge in [0.2, 0.25) is 5.88 Å². The first-order chi connectivity index (χ1) is 15.8. The molecule has 0 spiro atoms. The molecule has 33 heavy (non-hydrogen) atoms. The van der Waals surface area contributed by atoms with Crippen LogP contribution in [0.2, 0.25) is 5.02 Å². The normalized spacial score (nSPS) is 17.7. The van der Waals surface area contributed by atoms with Crippen LogP contribution in [-0.4, -0.2) is 41.0 Å². The lowest BCUT2D eigenvalue weighted by Crippen LogP contribution is -2.28. The van der Waals surface area contributed by atoms with Crippen LogP contribution >= 0.6 is 23.5 Å². The number of hydrogen-bond donors (Lipinski definition) is 4. The number of alkyl halides is 1. The van der Waals surface area contributed by atoms with Gasteiger partial charge in [-0.25, -0.2) is 13.8 Å². The fourth-order valence-corrected chi connectivity index (χ4v) is 4.21. The summed E-state index contributed by atoms with van der Waals surface area (Å²) in [5.41, 5.74) is 7.83. The number of nitrogens with two attached hydrogens (primary N) is 1. The molecule has 1 aromatic heterocycles. The lowest BCUT2D eigenvalue weighted by Gasteiger charge is -2.18. The van der Waals surface area contributed by atoms with Gasteiger partial charge in [-0.2, -0.15) is 4.98 Å². The Morgan fingerprint density at radius 1 is 1.24 bits per heavy atom. The van der Waals surface area contributed by atoms with Crippen LogP contribution in [0.3, 0.4) is 0 Å². The van der Waals surface area contributed by atoms with Crippen molar-refractivity contribution in [1.29, 1.82) is 5.41 Å². The van der Waals surface area contributed by atoms with Crippen molar-refractivity contribution in [3.63, 3.8) is 0 Å². The maximum absolute atomic E-state index is 14.1. The van der Waals surface area contributed by atoms with Crippen LogP contribution in [0.15, 0.2) is 47.4 Å². The number of benzene rings is 2. The fourth-order valence-electron chi connectivity index (χ4n) is 3.26. The molecule has 11 heteroatoms. The van der Waals surface area contributed by atoms with E-state index in [1.807, 2.05) is 0 Å². The zero-order valence-corrected chi connectivity index (χ0v) is 19.1. The molecule has 5 N–H and O–H groups in total. The van der Waals surface area contributed by atoms with Gasteiger partial charge in [0.15, 0.2) is 12.0 Å². The van der Waals surface area contributed by atoms with Crippen LogP contribution < -0.4 is 20.5 Å². The first-order valence-electron chi connectivity index (χ1n) is 10.0. The lowest BCUT2D eigenvalue weighted by atomic mass is 10.1. The number of halogens is 3. The van der Waals surface area contributed by atoms with Crippen molar-refractivity contribution < 1.29 is 13.5 Å². The van der Waals surface area contributed by atoms with E-state index in [9.17, 15) is 8.78 Å². The molecular weight excluding hydrogens is 470 g/mol. The monoisotopic (exact) mass is 490 g/mol. The number of nitrogens with zero attached hydrogens (tertiary/aromatic N) is 2. The Bertz CT molecular complexity index is 1180. The van der Waals surface area contributed by atoms with E-state index in [-0.39, 0.29) is 41.2 Å². The lowest BCUT2D eigenvalue weighted by molar-refractivity contribution is 0.134. The maximum atomic E-state index is 14.1. The van der Waals surface area contributed by atoms with E-state index in [2.05, 4.69) is 20.0 Å². The Kier molecular flexibility index (Phi) is 6.96. The third-order valence-electron chi connectivity index (χ3n) is 4.95. The summed E-state index contributed by atoms with van der Waals surface area (Å²) in [6.45, 7) is 2.08. The zero-order chi connectivity index (χ0) is 23.5. The number of rotatable bonds is 7. The van der Waals surface area contributed by atoms with E-state index in [1.54, 1.807) is 31.2 Å². The molecule has 2 aromatic carbocycles. The molecule has 0 aliphatic carbocycles. The second kappa shape index (κ2) is 9.90. The number of aromatic nitrogens is 2. The molecule has 2 unspecified atom stereocenters. The van der Waals surface area contributed by atoms with Crippen LogP contribution in [0.5, 0.6) is 5.88 Å². The van der Waals surface area contributed by atoms with Crippen LogP contribution in [0, 0.1) is 11.2 Å². The zero-order valence-electron chi connectivity index (χ0n) is 17.5. The van der Waals surface area contributed by atoms with Crippen LogP contribution in [0.25, 0.3) is 11.4 Å². The first kappa shape index (κ1) is 23.2. The first-order valence-corrected chi connectivity index (χ1v) is 11.2. The van der Waals surface area contributed by atoms with Gasteiger partial charge in [-0.1, -0.05) is 11.6 Å². The highest BCUT2D eigenvalue weighted by Gasteiger charge is 2.30. The second-order valence-electron chi connectivity index (χ2n) is 7.42. The minimum atomic E-state index is -1.18. The van der Waals surface area contributed by atoms with E-state index >= 15 is 0 Å². The molecule has 0 amide bonds. The Morgan fingerprint density at radius 3 is 2.67 bits per heavy atom. The van der Waals surface area contributed by atoms with E-state index in [0.717, 1.165) is 17.6 Å². The van der Waals surface area contributed by atoms with Gasteiger partial charge in [0.1, 0.15) is 17.7 Å². The highest BCUT2D eigenvalue weighted by Crippen LogP contribution is 2.30. The molecule has 2 atom stereocenters. The third-order valence-corrected chi connectivity index (χ3v) is 6.05. The molecule has 2 heterocycles. The Hall–Kier alpha value is -2.95. The summed E-state index contributed by atoms with van der Waals surface area (Å²) in [6.07, 6.45) is -1.91. The van der Waals surface area contributed by atoms with Crippen molar-refractivity contribution in [2.75, 3.05) is 23.5 Å². The molecule has 0 bridgehead atoms. The van der Waals surface area contributed by atoms with Crippen molar-refractivity contribution in [3.05, 3.63) is 58.9 Å². The van der Waals surface area contributed by atoms with Crippen LogP contribution in [0.4, 0.5) is 20.3 Å². The van der Waals surface area contributed by atoms with Crippen LogP contribution in [-0.2, 0) is 0 Å². The van der Waals surface area contributed by atoms with E-state index in [1.165, 1.54) is 18.2 Å². The fraction of sp³-hybridized carbons (Fsp3) is 0.227. The van der Waals surface area contributed by atoms with Crippen molar-refractivity contribution in [2.45, 2.75) is 24.1 Å². The second-order valence-corrected chi connectivity index (χ2v) is 8.71. The molecule has 0 saturated carbocycles. The summed E-state index contributed by atoms with van der Waals surface area (Å²) in [7, 11) is 0. The number of ether oxygens (including phenoxy) is 1. The average Bonchev–Trinajstić information content (AvgIpc) is 3.18. The van der Waals surface area contributed by atoms with Gasteiger partial charge in [0.05, 0.1) is 10.5 Å². The minimum absolute atomic E-state index is 0.0792. The van der Waals surface area contributed by atoms with Gasteiger partial charge in [-0.15, -0.1) is 0 Å². The van der Waals surface area contributed by atoms with Crippen molar-refractivity contribution in [3.8, 4) is 17.3 Å². The summed E-state index contributed by atoms with van der Waals surface area (Å²) >= 11 is 7.02. The molecule has 7 nitrogen and oxygen atoms in total. The molecule has 1 fully saturated rings. The molecule has 1 aliphatic rings. The van der Waals surface area contributed by atoms with Crippen molar-refractivity contribution in [1.82, 2.24) is 15.3 Å². The molecule has 1 saturated heterocycles. The molecule has 172 valence electrons. The summed E-state index contributed by atoms with van der Waals surface area (Å²) in [5, 5.41) is 11.4. The Labute approximate surface area is 198 Å². The predicted molar refractivity (Wildman–Crippen MR) is 127 cm³/mol. The largest absolute Gasteiger partial charge is 0.469 e. The van der Waals surface area contributed by atoms with Gasteiger partial charge in [-0.05, 0) is 61.3 Å². The maximum Gasteiger partial charge on any atom is 0.228 e. The topological polar surface area (TPSA) is 109 Å². The van der Waals surface area contributed by atoms with Gasteiger partial charge in [-0.3, -0.25) is 0 Å². The Morgan fingerprint density at radius 2 is 2.00 bits per heavy atom. The van der Waals surface area contributed by atoms with E-state index < -0.39 is 12.3 Å². The number of hydrogen-bond acceptors (Lipinski definition) is 8. The Balaban J connectivity index is 1.55. The van der Waals surface area contributed by atoms with Gasteiger partial charge < -0.3 is 25.9 Å². The highest BCUT2D eigenvalue weighted by molar-refractivity contribution is 8.00. The average molecular weight is 491 g/mol. The van der Waals surface area contributed by atoms with Gasteiger partial charge >= 0.3 is 0 Å². The summed E-state index contributed by atoms with van der Waals surface area (Å²) in [5.74, 6) is 0.0713. The number of anilines is 2. The summed E-state index contributed by atoms with van der Waals surface area (Å²) in [4.78, 5) is 9.11. The predicted octanol–water partition coefficient (Wildman–Crippen LogP) is 4.71. The van der Waals surface area contributed by atoms with Crippen molar-refractivity contribution >= 4 is 40.8 Å². The standard InChI is InChI=1S/C22H21ClF2N6OS/c1-11(26)19-20(27)29-21(30-22(19)32-17-10-28-9-16(17)25)12-2-5-14(6-3-12)31-33-18-8-13(23)4-7-15(18)24/h2-8,16-17,26,28,31H,9-10H2,1H3,(H2,27,29,30). The SMILES string of the molecule is CC(=N)c1c(N)nc(-c2ccc(NSc3cc(Cl)ccc3F)cc2)nc1OC1CNCC1F. The summed E-state index contributed by atoms with van der Waals surface area (Å²) in [6, 6.07) is 11.4.